The second-order valence-corrected chi connectivity index (χ2v) is 5.06. The summed E-state index contributed by atoms with van der Waals surface area (Å²) in [7, 11) is 0. The Kier molecular flexibility index (Phi) is 4.38. The summed E-state index contributed by atoms with van der Waals surface area (Å²) in [5.41, 5.74) is 0.0469. The van der Waals surface area contributed by atoms with Gasteiger partial charge in [-0.05, 0) is 46.8 Å². The minimum Gasteiger partial charge on any atom is -0.492 e. The maximum absolute atomic E-state index is 12.8. The van der Waals surface area contributed by atoms with Crippen molar-refractivity contribution >= 4 is 11.6 Å². The molecule has 0 unspecified atom stereocenters. The van der Waals surface area contributed by atoms with Gasteiger partial charge in [0.1, 0.15) is 18.2 Å². The van der Waals surface area contributed by atoms with Crippen molar-refractivity contribution in [3.63, 3.8) is 0 Å². The highest BCUT2D eigenvalue weighted by molar-refractivity contribution is 6.32. The first-order valence-electron chi connectivity index (χ1n) is 6.81. The Bertz CT molecular complexity index is 860. The summed E-state index contributed by atoms with van der Waals surface area (Å²) in [6.45, 7) is 0.410. The maximum Gasteiger partial charge on any atom is 0.368 e. The zero-order valence-electron chi connectivity index (χ0n) is 11.9. The lowest BCUT2D eigenvalue weighted by Crippen LogP contribution is -2.26. The van der Waals surface area contributed by atoms with Crippen molar-refractivity contribution in [2.45, 2.75) is 6.54 Å². The lowest BCUT2D eigenvalue weighted by molar-refractivity contribution is 0.287. The van der Waals surface area contributed by atoms with Crippen molar-refractivity contribution < 1.29 is 9.13 Å². The number of ether oxygens (including phenoxy) is 1. The van der Waals surface area contributed by atoms with Crippen molar-refractivity contribution in [3.8, 4) is 11.4 Å². The van der Waals surface area contributed by atoms with E-state index < -0.39 is 5.69 Å². The first-order valence-corrected chi connectivity index (χ1v) is 7.19. The Morgan fingerprint density at radius 1 is 1.09 bits per heavy atom. The summed E-state index contributed by atoms with van der Waals surface area (Å²) in [5.74, 6) is 0.175. The van der Waals surface area contributed by atoms with Gasteiger partial charge in [-0.15, -0.1) is 0 Å². The predicted octanol–water partition coefficient (Wildman–Crippen LogP) is 2.30. The van der Waals surface area contributed by atoms with Crippen LogP contribution in [0.25, 0.3) is 5.69 Å². The van der Waals surface area contributed by atoms with Crippen LogP contribution in [0.1, 0.15) is 0 Å². The highest BCUT2D eigenvalue weighted by Gasteiger charge is 2.11. The van der Waals surface area contributed by atoms with E-state index in [0.29, 0.717) is 16.5 Å². The SMILES string of the molecule is O=c1n(CCOc2ccc(F)cc2)nnn1-c1ccccc1Cl. The van der Waals surface area contributed by atoms with Gasteiger partial charge in [0.2, 0.25) is 0 Å². The van der Waals surface area contributed by atoms with Crippen LogP contribution in [0.2, 0.25) is 5.02 Å². The van der Waals surface area contributed by atoms with Crippen LogP contribution in [0.3, 0.4) is 0 Å². The fourth-order valence-corrected chi connectivity index (χ4v) is 2.19. The zero-order chi connectivity index (χ0) is 16.2. The molecule has 2 aromatic carbocycles. The Balaban J connectivity index is 1.69. The molecule has 3 aromatic rings. The van der Waals surface area contributed by atoms with Crippen molar-refractivity contribution in [3.05, 3.63) is 69.9 Å². The van der Waals surface area contributed by atoms with Crippen LogP contribution in [0, 0.1) is 5.82 Å². The summed E-state index contributed by atoms with van der Waals surface area (Å²) in [6, 6.07) is 12.5. The molecule has 118 valence electrons. The highest BCUT2D eigenvalue weighted by atomic mass is 35.5. The Labute approximate surface area is 135 Å². The van der Waals surface area contributed by atoms with Gasteiger partial charge in [0.05, 0.1) is 17.3 Å². The average molecular weight is 335 g/mol. The molecule has 0 radical (unpaired) electrons. The zero-order valence-corrected chi connectivity index (χ0v) is 12.7. The molecule has 3 rings (SSSR count). The van der Waals surface area contributed by atoms with Gasteiger partial charge in [0, 0.05) is 0 Å². The monoisotopic (exact) mass is 334 g/mol. The number of benzene rings is 2. The predicted molar refractivity (Wildman–Crippen MR) is 82.5 cm³/mol. The number of para-hydroxylation sites is 1. The van der Waals surface area contributed by atoms with Crippen LogP contribution in [0.15, 0.2) is 53.3 Å². The lowest BCUT2D eigenvalue weighted by Gasteiger charge is -2.05. The molecular weight excluding hydrogens is 323 g/mol. The molecule has 0 saturated carbocycles. The van der Waals surface area contributed by atoms with Gasteiger partial charge in [-0.25, -0.2) is 9.18 Å². The Hall–Kier alpha value is -2.67. The third-order valence-corrected chi connectivity index (χ3v) is 3.43. The fraction of sp³-hybridized carbons (Fsp3) is 0.133. The highest BCUT2D eigenvalue weighted by Crippen LogP contribution is 2.16. The van der Waals surface area contributed by atoms with E-state index in [1.54, 1.807) is 24.3 Å². The van der Waals surface area contributed by atoms with E-state index in [0.717, 1.165) is 4.68 Å². The van der Waals surface area contributed by atoms with Gasteiger partial charge in [0.15, 0.2) is 0 Å². The molecule has 0 aliphatic heterocycles. The van der Waals surface area contributed by atoms with E-state index in [1.165, 1.54) is 28.9 Å². The van der Waals surface area contributed by atoms with Gasteiger partial charge in [-0.3, -0.25) is 0 Å². The van der Waals surface area contributed by atoms with Crippen molar-refractivity contribution in [1.82, 2.24) is 19.8 Å². The molecule has 0 bridgehead atoms. The molecular formula is C15H12ClFN4O2. The van der Waals surface area contributed by atoms with E-state index in [9.17, 15) is 9.18 Å². The van der Waals surface area contributed by atoms with Crippen LogP contribution in [0.4, 0.5) is 4.39 Å². The smallest absolute Gasteiger partial charge is 0.368 e. The molecule has 0 spiro atoms. The van der Waals surface area contributed by atoms with Gasteiger partial charge < -0.3 is 4.74 Å². The van der Waals surface area contributed by atoms with Gasteiger partial charge in [0.25, 0.3) is 0 Å². The number of hydrogen-bond donors (Lipinski definition) is 0. The quantitative estimate of drug-likeness (QED) is 0.718. The molecule has 0 fully saturated rings. The summed E-state index contributed by atoms with van der Waals surface area (Å²) in [4.78, 5) is 12.2. The van der Waals surface area contributed by atoms with E-state index >= 15 is 0 Å². The first-order chi connectivity index (χ1) is 11.1. The molecule has 1 aromatic heterocycles. The molecule has 23 heavy (non-hydrogen) atoms. The molecule has 8 heteroatoms. The number of tetrazole rings is 1. The number of rotatable bonds is 5. The van der Waals surface area contributed by atoms with E-state index in [2.05, 4.69) is 10.4 Å². The van der Waals surface area contributed by atoms with Gasteiger partial charge in [-0.1, -0.05) is 23.7 Å². The Morgan fingerprint density at radius 3 is 2.57 bits per heavy atom. The molecule has 0 saturated heterocycles. The van der Waals surface area contributed by atoms with Crippen LogP contribution < -0.4 is 10.4 Å². The van der Waals surface area contributed by atoms with Crippen molar-refractivity contribution in [2.75, 3.05) is 6.61 Å². The average Bonchev–Trinajstić information content (AvgIpc) is 2.91. The van der Waals surface area contributed by atoms with E-state index in [-0.39, 0.29) is 19.0 Å². The topological polar surface area (TPSA) is 61.9 Å². The maximum atomic E-state index is 12.8. The lowest BCUT2D eigenvalue weighted by atomic mass is 10.3. The van der Waals surface area contributed by atoms with Gasteiger partial charge >= 0.3 is 5.69 Å². The third-order valence-electron chi connectivity index (χ3n) is 3.11. The number of aromatic nitrogens is 4. The number of halogens is 2. The summed E-state index contributed by atoms with van der Waals surface area (Å²) >= 11 is 6.05. The summed E-state index contributed by atoms with van der Waals surface area (Å²) < 4.78 is 20.5. The summed E-state index contributed by atoms with van der Waals surface area (Å²) in [5, 5.41) is 8.02. The fourth-order valence-electron chi connectivity index (χ4n) is 1.97. The molecule has 0 aliphatic rings. The van der Waals surface area contributed by atoms with Crippen LogP contribution in [-0.2, 0) is 6.54 Å². The normalized spacial score (nSPS) is 10.7. The first kappa shape index (κ1) is 15.2. The minimum absolute atomic E-state index is 0.201. The van der Waals surface area contributed by atoms with Crippen LogP contribution >= 0.6 is 11.6 Å². The molecule has 0 aliphatic carbocycles. The summed E-state index contributed by atoms with van der Waals surface area (Å²) in [6.07, 6.45) is 0. The third kappa shape index (κ3) is 3.40. The standard InChI is InChI=1S/C15H12ClFN4O2/c16-13-3-1-2-4-14(13)21-15(22)20(18-19-21)9-10-23-12-7-5-11(17)6-8-12/h1-8H,9-10H2. The molecule has 1 heterocycles. The van der Waals surface area contributed by atoms with Crippen LogP contribution in [-0.4, -0.2) is 26.4 Å². The largest absolute Gasteiger partial charge is 0.492 e. The number of hydrogen-bond acceptors (Lipinski definition) is 4. The number of nitrogens with zero attached hydrogens (tertiary/aromatic N) is 4. The van der Waals surface area contributed by atoms with Crippen molar-refractivity contribution in [1.29, 1.82) is 0 Å². The van der Waals surface area contributed by atoms with E-state index in [1.807, 2.05) is 0 Å². The Morgan fingerprint density at radius 2 is 1.83 bits per heavy atom. The van der Waals surface area contributed by atoms with Gasteiger partial charge in [-0.2, -0.15) is 9.36 Å². The molecule has 6 nitrogen and oxygen atoms in total. The van der Waals surface area contributed by atoms with Crippen molar-refractivity contribution in [2.24, 2.45) is 0 Å². The second-order valence-electron chi connectivity index (χ2n) is 4.65. The second kappa shape index (κ2) is 6.62. The molecule has 0 atom stereocenters. The van der Waals surface area contributed by atoms with Crippen LogP contribution in [0.5, 0.6) is 5.75 Å². The molecule has 0 N–H and O–H groups in total. The molecule has 0 amide bonds. The van der Waals surface area contributed by atoms with E-state index in [4.69, 9.17) is 16.3 Å². The minimum atomic E-state index is -0.416.